The molecule has 4 aromatic carbocycles. The first-order valence-electron chi connectivity index (χ1n) is 12.4. The van der Waals surface area contributed by atoms with Crippen molar-refractivity contribution in [1.82, 2.24) is 15.0 Å². The minimum Gasteiger partial charge on any atom is -0.493 e. The van der Waals surface area contributed by atoms with Crippen LogP contribution in [0.25, 0.3) is 0 Å². The number of nitrogens with zero attached hydrogens (tertiary/aromatic N) is 4. The highest BCUT2D eigenvalue weighted by Gasteiger charge is 2.09. The van der Waals surface area contributed by atoms with Crippen molar-refractivity contribution in [1.29, 1.82) is 0 Å². The second-order valence-corrected chi connectivity index (χ2v) is 8.92. The molecule has 0 amide bonds. The molecule has 0 aliphatic heterocycles. The van der Waals surface area contributed by atoms with Crippen LogP contribution in [0.15, 0.2) is 108 Å². The van der Waals surface area contributed by atoms with Crippen LogP contribution in [0.4, 0.5) is 29.2 Å². The summed E-state index contributed by atoms with van der Waals surface area (Å²) in [5.74, 6) is 2.19. The van der Waals surface area contributed by atoms with Gasteiger partial charge in [0, 0.05) is 16.4 Å². The molecule has 0 aliphatic rings. The molecular formula is C30H26ClN7O2. The van der Waals surface area contributed by atoms with Crippen LogP contribution in [-0.2, 0) is 6.61 Å². The lowest BCUT2D eigenvalue weighted by Gasteiger charge is -2.12. The van der Waals surface area contributed by atoms with Crippen LogP contribution in [0, 0.1) is 0 Å². The van der Waals surface area contributed by atoms with Crippen LogP contribution in [0.2, 0.25) is 5.02 Å². The van der Waals surface area contributed by atoms with E-state index in [1.807, 2.05) is 103 Å². The Balaban J connectivity index is 1.32. The lowest BCUT2D eigenvalue weighted by Crippen LogP contribution is -2.07. The molecule has 9 nitrogen and oxygen atoms in total. The molecule has 0 aliphatic carbocycles. The van der Waals surface area contributed by atoms with Crippen molar-refractivity contribution in [2.45, 2.75) is 6.61 Å². The monoisotopic (exact) mass is 551 g/mol. The Morgan fingerprint density at radius 1 is 0.725 bits per heavy atom. The molecule has 3 N–H and O–H groups in total. The predicted octanol–water partition coefficient (Wildman–Crippen LogP) is 7.05. The van der Waals surface area contributed by atoms with Crippen LogP contribution in [0.3, 0.4) is 0 Å². The summed E-state index contributed by atoms with van der Waals surface area (Å²) in [5, 5.41) is 11.4. The van der Waals surface area contributed by atoms with Gasteiger partial charge < -0.3 is 20.1 Å². The van der Waals surface area contributed by atoms with Crippen molar-refractivity contribution in [2.24, 2.45) is 5.10 Å². The van der Waals surface area contributed by atoms with Crippen molar-refractivity contribution < 1.29 is 9.47 Å². The zero-order valence-electron chi connectivity index (χ0n) is 21.6. The summed E-state index contributed by atoms with van der Waals surface area (Å²) in [4.78, 5) is 13.4. The fourth-order valence-electron chi connectivity index (χ4n) is 3.63. The molecule has 40 heavy (non-hydrogen) atoms. The topological polar surface area (TPSA) is 106 Å². The molecule has 0 unspecified atom stereocenters. The van der Waals surface area contributed by atoms with Crippen molar-refractivity contribution in [3.05, 3.63) is 119 Å². The standard InChI is InChI=1S/C30H26ClN7O2/c1-39-26-17-14-22(18-27(26)40-20-21-12-15-23(31)16-13-21)19-32-38-30-36-28(33-24-8-4-2-5-9-24)35-29(37-30)34-25-10-6-3-7-11-25/h2-19H,20H2,1H3,(H3,33,34,35,36,37,38)/b32-19-. The van der Waals surface area contributed by atoms with E-state index in [1.165, 1.54) is 0 Å². The van der Waals surface area contributed by atoms with Crippen molar-refractivity contribution >= 4 is 47.0 Å². The molecule has 0 fully saturated rings. The van der Waals surface area contributed by atoms with Gasteiger partial charge in [-0.05, 0) is 65.7 Å². The molecule has 10 heteroatoms. The predicted molar refractivity (Wildman–Crippen MR) is 159 cm³/mol. The summed E-state index contributed by atoms with van der Waals surface area (Å²) in [6, 6.07) is 32.3. The van der Waals surface area contributed by atoms with Gasteiger partial charge in [-0.2, -0.15) is 20.1 Å². The summed E-state index contributed by atoms with van der Waals surface area (Å²) in [7, 11) is 1.60. The lowest BCUT2D eigenvalue weighted by molar-refractivity contribution is 0.284. The Labute approximate surface area is 236 Å². The number of para-hydroxylation sites is 2. The quantitative estimate of drug-likeness (QED) is 0.118. The van der Waals surface area contributed by atoms with Crippen LogP contribution < -0.4 is 25.5 Å². The highest BCUT2D eigenvalue weighted by Crippen LogP contribution is 2.28. The lowest BCUT2D eigenvalue weighted by atomic mass is 10.2. The number of rotatable bonds is 11. The molecule has 1 heterocycles. The van der Waals surface area contributed by atoms with Gasteiger partial charge in [-0.15, -0.1) is 0 Å². The SMILES string of the molecule is COc1ccc(/C=N\Nc2nc(Nc3ccccc3)nc(Nc3ccccc3)n2)cc1OCc1ccc(Cl)cc1. The number of ether oxygens (including phenoxy) is 2. The van der Waals surface area contributed by atoms with Gasteiger partial charge in [0.25, 0.3) is 0 Å². The minimum absolute atomic E-state index is 0.260. The van der Waals surface area contributed by atoms with Gasteiger partial charge in [0.1, 0.15) is 6.61 Å². The molecule has 0 saturated heterocycles. The number of benzene rings is 4. The van der Waals surface area contributed by atoms with Gasteiger partial charge >= 0.3 is 0 Å². The first-order valence-corrected chi connectivity index (χ1v) is 12.8. The fraction of sp³-hybridized carbons (Fsp3) is 0.0667. The first kappa shape index (κ1) is 26.5. The Morgan fingerprint density at radius 3 is 1.93 bits per heavy atom. The fourth-order valence-corrected chi connectivity index (χ4v) is 3.76. The van der Waals surface area contributed by atoms with Gasteiger partial charge in [-0.1, -0.05) is 60.1 Å². The minimum atomic E-state index is 0.260. The normalized spacial score (nSPS) is 10.8. The van der Waals surface area contributed by atoms with Gasteiger partial charge in [0.2, 0.25) is 17.8 Å². The molecule has 0 bridgehead atoms. The number of hydrazone groups is 1. The maximum absolute atomic E-state index is 6.00. The van der Waals surface area contributed by atoms with Crippen molar-refractivity contribution in [3.63, 3.8) is 0 Å². The molecule has 1 aromatic heterocycles. The second-order valence-electron chi connectivity index (χ2n) is 8.48. The third-order valence-electron chi connectivity index (χ3n) is 5.57. The zero-order chi connectivity index (χ0) is 27.6. The van der Waals surface area contributed by atoms with Crippen LogP contribution >= 0.6 is 11.6 Å². The average Bonchev–Trinajstić information content (AvgIpc) is 2.98. The van der Waals surface area contributed by atoms with E-state index in [9.17, 15) is 0 Å². The average molecular weight is 552 g/mol. The second kappa shape index (κ2) is 13.1. The van der Waals surface area contributed by atoms with E-state index in [4.69, 9.17) is 21.1 Å². The Hall–Kier alpha value is -5.15. The van der Waals surface area contributed by atoms with Crippen molar-refractivity contribution in [2.75, 3.05) is 23.2 Å². The molecule has 5 aromatic rings. The zero-order valence-corrected chi connectivity index (χ0v) is 22.3. The van der Waals surface area contributed by atoms with E-state index in [1.54, 1.807) is 13.3 Å². The highest BCUT2D eigenvalue weighted by molar-refractivity contribution is 6.30. The summed E-state index contributed by atoms with van der Waals surface area (Å²) >= 11 is 5.98. The first-order chi connectivity index (χ1) is 19.6. The Bertz CT molecular complexity index is 1510. The van der Waals surface area contributed by atoms with E-state index in [0.717, 1.165) is 22.5 Å². The highest BCUT2D eigenvalue weighted by atomic mass is 35.5. The maximum atomic E-state index is 6.00. The number of hydrogen-bond acceptors (Lipinski definition) is 9. The van der Waals surface area contributed by atoms with Crippen molar-refractivity contribution in [3.8, 4) is 11.5 Å². The summed E-state index contributed by atoms with van der Waals surface area (Å²) < 4.78 is 11.5. The number of anilines is 5. The smallest absolute Gasteiger partial charge is 0.250 e. The number of halogens is 1. The Kier molecular flexibility index (Phi) is 8.65. The summed E-state index contributed by atoms with van der Waals surface area (Å²) in [5.41, 5.74) is 6.37. The number of nitrogens with one attached hydrogen (secondary N) is 3. The molecule has 200 valence electrons. The van der Waals surface area contributed by atoms with Crippen LogP contribution in [0.5, 0.6) is 11.5 Å². The largest absolute Gasteiger partial charge is 0.493 e. The van der Waals surface area contributed by atoms with Gasteiger partial charge in [-0.3, -0.25) is 0 Å². The third kappa shape index (κ3) is 7.46. The Morgan fingerprint density at radius 2 is 1.32 bits per heavy atom. The van der Waals surface area contributed by atoms with Gasteiger partial charge in [0.05, 0.1) is 13.3 Å². The molecule has 0 radical (unpaired) electrons. The van der Waals surface area contributed by atoms with E-state index in [-0.39, 0.29) is 5.95 Å². The summed E-state index contributed by atoms with van der Waals surface area (Å²) in [6.45, 7) is 0.367. The number of hydrogen-bond donors (Lipinski definition) is 3. The third-order valence-corrected chi connectivity index (χ3v) is 5.82. The molecule has 0 spiro atoms. The van der Waals surface area contributed by atoms with E-state index >= 15 is 0 Å². The van der Waals surface area contributed by atoms with E-state index in [0.29, 0.717) is 35.0 Å². The number of aromatic nitrogens is 3. The number of methoxy groups -OCH3 is 1. The van der Waals surface area contributed by atoms with E-state index < -0.39 is 0 Å². The molecular weight excluding hydrogens is 526 g/mol. The molecule has 0 atom stereocenters. The van der Waals surface area contributed by atoms with Crippen LogP contribution in [-0.4, -0.2) is 28.3 Å². The molecule has 0 saturated carbocycles. The van der Waals surface area contributed by atoms with Gasteiger partial charge in [0.15, 0.2) is 11.5 Å². The van der Waals surface area contributed by atoms with Crippen LogP contribution in [0.1, 0.15) is 11.1 Å². The maximum Gasteiger partial charge on any atom is 0.250 e. The summed E-state index contributed by atoms with van der Waals surface area (Å²) in [6.07, 6.45) is 1.65. The van der Waals surface area contributed by atoms with E-state index in [2.05, 4.69) is 36.1 Å². The molecule has 5 rings (SSSR count). The van der Waals surface area contributed by atoms with Gasteiger partial charge in [-0.25, -0.2) is 5.43 Å².